The Kier molecular flexibility index (Phi) is 5.88. The van der Waals surface area contributed by atoms with Gasteiger partial charge in [0.1, 0.15) is 11.8 Å². The summed E-state index contributed by atoms with van der Waals surface area (Å²) in [6, 6.07) is 14.4. The Morgan fingerprint density at radius 1 is 1.00 bits per heavy atom. The summed E-state index contributed by atoms with van der Waals surface area (Å²) in [4.78, 5) is 28.4. The van der Waals surface area contributed by atoms with Gasteiger partial charge in [0, 0.05) is 17.8 Å². The highest BCUT2D eigenvalue weighted by Gasteiger charge is 2.36. The number of allylic oxidation sites excluding steroid dienone is 1. The average Bonchev–Trinajstić information content (AvgIpc) is 2.79. The third kappa shape index (κ3) is 3.97. The zero-order valence-electron chi connectivity index (χ0n) is 17.6. The molecule has 5 heteroatoms. The van der Waals surface area contributed by atoms with Crippen LogP contribution >= 0.6 is 0 Å². The molecule has 2 aliphatic rings. The number of hydrogen-bond acceptors (Lipinski definition) is 3. The Morgan fingerprint density at radius 3 is 2.40 bits per heavy atom. The molecule has 1 saturated carbocycles. The maximum absolute atomic E-state index is 13.4. The maximum atomic E-state index is 13.4. The monoisotopic (exact) mass is 404 g/mol. The van der Waals surface area contributed by atoms with Crippen LogP contribution in [0.15, 0.2) is 54.7 Å². The van der Waals surface area contributed by atoms with E-state index in [1.807, 2.05) is 31.2 Å². The number of methoxy groups -OCH3 is 1. The molecule has 0 spiro atoms. The minimum atomic E-state index is -0.679. The lowest BCUT2D eigenvalue weighted by Crippen LogP contribution is -2.46. The fourth-order valence-electron chi connectivity index (χ4n) is 4.45. The van der Waals surface area contributed by atoms with Crippen LogP contribution in [-0.4, -0.2) is 29.9 Å². The molecular formula is C25H28N2O3. The first-order valence-corrected chi connectivity index (χ1v) is 10.6. The van der Waals surface area contributed by atoms with Crippen molar-refractivity contribution in [3.8, 4) is 5.75 Å². The van der Waals surface area contributed by atoms with Gasteiger partial charge in [-0.25, -0.2) is 0 Å². The minimum Gasteiger partial charge on any atom is -0.497 e. The molecule has 30 heavy (non-hydrogen) atoms. The zero-order valence-corrected chi connectivity index (χ0v) is 17.6. The van der Waals surface area contributed by atoms with E-state index in [4.69, 9.17) is 4.74 Å². The molecule has 2 aromatic carbocycles. The molecular weight excluding hydrogens is 376 g/mol. The van der Waals surface area contributed by atoms with Crippen LogP contribution in [0, 0.1) is 0 Å². The van der Waals surface area contributed by atoms with E-state index in [1.54, 1.807) is 42.5 Å². The smallest absolute Gasteiger partial charge is 0.258 e. The highest BCUT2D eigenvalue weighted by Crippen LogP contribution is 2.36. The Bertz CT molecular complexity index is 959. The van der Waals surface area contributed by atoms with Crippen LogP contribution in [0.25, 0.3) is 5.57 Å². The van der Waals surface area contributed by atoms with Crippen LogP contribution in [0.3, 0.4) is 0 Å². The number of hydrogen-bond donors (Lipinski definition) is 1. The molecule has 1 aliphatic heterocycles. The quantitative estimate of drug-likeness (QED) is 0.803. The van der Waals surface area contributed by atoms with Crippen LogP contribution in [0.1, 0.15) is 66.6 Å². The number of ether oxygens (including phenoxy) is 1. The number of nitrogens with zero attached hydrogens (tertiary/aromatic N) is 1. The molecule has 1 fully saturated rings. The van der Waals surface area contributed by atoms with E-state index in [9.17, 15) is 9.59 Å². The van der Waals surface area contributed by atoms with Crippen molar-refractivity contribution >= 4 is 17.4 Å². The van der Waals surface area contributed by atoms with Crippen LogP contribution in [0.2, 0.25) is 0 Å². The number of amides is 2. The molecule has 0 radical (unpaired) electrons. The van der Waals surface area contributed by atoms with Gasteiger partial charge >= 0.3 is 0 Å². The van der Waals surface area contributed by atoms with Crippen molar-refractivity contribution < 1.29 is 14.3 Å². The van der Waals surface area contributed by atoms with Crippen molar-refractivity contribution in [1.82, 2.24) is 10.2 Å². The van der Waals surface area contributed by atoms with Crippen molar-refractivity contribution in [3.05, 3.63) is 71.4 Å². The second-order valence-electron chi connectivity index (χ2n) is 8.09. The summed E-state index contributed by atoms with van der Waals surface area (Å²) in [7, 11) is 1.59. The lowest BCUT2D eigenvalue weighted by atomic mass is 9.89. The Morgan fingerprint density at radius 2 is 1.70 bits per heavy atom. The van der Waals surface area contributed by atoms with E-state index in [-0.39, 0.29) is 17.9 Å². The molecule has 5 nitrogen and oxygen atoms in total. The van der Waals surface area contributed by atoms with Crippen molar-refractivity contribution in [2.45, 2.75) is 51.1 Å². The largest absolute Gasteiger partial charge is 0.497 e. The second-order valence-corrected chi connectivity index (χ2v) is 8.09. The molecule has 1 aliphatic carbocycles. The van der Waals surface area contributed by atoms with E-state index >= 15 is 0 Å². The summed E-state index contributed by atoms with van der Waals surface area (Å²) in [6.07, 6.45) is 7.31. The van der Waals surface area contributed by atoms with Crippen molar-refractivity contribution in [1.29, 1.82) is 0 Å². The van der Waals surface area contributed by atoms with Gasteiger partial charge in [0.05, 0.1) is 7.11 Å². The van der Waals surface area contributed by atoms with E-state index < -0.39 is 6.04 Å². The minimum absolute atomic E-state index is 0.111. The average molecular weight is 405 g/mol. The Labute approximate surface area is 177 Å². The number of nitrogens with one attached hydrogen (secondary N) is 1. The van der Waals surface area contributed by atoms with Gasteiger partial charge in [-0.15, -0.1) is 0 Å². The van der Waals surface area contributed by atoms with Gasteiger partial charge in [-0.1, -0.05) is 43.5 Å². The molecule has 156 valence electrons. The first-order chi connectivity index (χ1) is 14.6. The molecule has 2 aromatic rings. The van der Waals surface area contributed by atoms with Gasteiger partial charge in [-0.05, 0) is 60.7 Å². The zero-order chi connectivity index (χ0) is 21.1. The normalized spacial score (nSPS) is 18.9. The molecule has 2 amide bonds. The van der Waals surface area contributed by atoms with Crippen LogP contribution in [-0.2, 0) is 4.79 Å². The maximum Gasteiger partial charge on any atom is 0.258 e. The summed E-state index contributed by atoms with van der Waals surface area (Å²) in [5.74, 6) is 0.379. The number of fused-ring (bicyclic) bond motifs is 1. The van der Waals surface area contributed by atoms with E-state index in [0.29, 0.717) is 11.3 Å². The highest BCUT2D eigenvalue weighted by molar-refractivity contribution is 6.00. The van der Waals surface area contributed by atoms with E-state index in [0.717, 1.165) is 42.4 Å². The third-order valence-corrected chi connectivity index (χ3v) is 6.06. The summed E-state index contributed by atoms with van der Waals surface area (Å²) in [5, 5.41) is 3.22. The Balaban J connectivity index is 1.68. The fourth-order valence-corrected chi connectivity index (χ4v) is 4.45. The molecule has 1 N–H and O–H groups in total. The molecule has 1 unspecified atom stereocenters. The van der Waals surface area contributed by atoms with Gasteiger partial charge in [-0.3, -0.25) is 14.5 Å². The highest BCUT2D eigenvalue weighted by atomic mass is 16.5. The van der Waals surface area contributed by atoms with Crippen molar-refractivity contribution in [3.63, 3.8) is 0 Å². The summed E-state index contributed by atoms with van der Waals surface area (Å²) >= 11 is 0. The summed E-state index contributed by atoms with van der Waals surface area (Å²) in [6.45, 7) is 1.97. The topological polar surface area (TPSA) is 58.6 Å². The first kappa shape index (κ1) is 20.2. The first-order valence-electron chi connectivity index (χ1n) is 10.6. The SMILES string of the molecule is COc1ccc(C(=O)N2C=C(C)c3ccccc3C2C(=O)NC2CCCCC2)cc1. The number of carbonyl (C=O) groups excluding carboxylic acids is 2. The third-order valence-electron chi connectivity index (χ3n) is 6.06. The summed E-state index contributed by atoms with van der Waals surface area (Å²) in [5.41, 5.74) is 3.37. The van der Waals surface area contributed by atoms with Crippen molar-refractivity contribution in [2.24, 2.45) is 0 Å². The lowest BCUT2D eigenvalue weighted by Gasteiger charge is -2.35. The van der Waals surface area contributed by atoms with E-state index in [1.165, 1.54) is 6.42 Å². The fraction of sp³-hybridized carbons (Fsp3) is 0.360. The van der Waals surface area contributed by atoms with E-state index in [2.05, 4.69) is 5.32 Å². The van der Waals surface area contributed by atoms with Crippen LogP contribution in [0.5, 0.6) is 5.75 Å². The van der Waals surface area contributed by atoms with Gasteiger partial charge in [-0.2, -0.15) is 0 Å². The molecule has 1 atom stereocenters. The number of rotatable bonds is 4. The van der Waals surface area contributed by atoms with Gasteiger partial charge in [0.25, 0.3) is 5.91 Å². The predicted molar refractivity (Wildman–Crippen MR) is 117 cm³/mol. The lowest BCUT2D eigenvalue weighted by molar-refractivity contribution is -0.126. The predicted octanol–water partition coefficient (Wildman–Crippen LogP) is 4.70. The van der Waals surface area contributed by atoms with Crippen molar-refractivity contribution in [2.75, 3.05) is 7.11 Å². The van der Waals surface area contributed by atoms with Crippen LogP contribution in [0.4, 0.5) is 0 Å². The molecule has 0 saturated heterocycles. The number of benzene rings is 2. The molecule has 0 bridgehead atoms. The molecule has 4 rings (SSSR count). The molecule has 1 heterocycles. The Hall–Kier alpha value is -3.08. The molecule has 0 aromatic heterocycles. The number of carbonyl (C=O) groups is 2. The second kappa shape index (κ2) is 8.74. The van der Waals surface area contributed by atoms with Gasteiger partial charge in [0.15, 0.2) is 0 Å². The van der Waals surface area contributed by atoms with Gasteiger partial charge < -0.3 is 10.1 Å². The van der Waals surface area contributed by atoms with Gasteiger partial charge in [0.2, 0.25) is 5.91 Å². The van der Waals surface area contributed by atoms with Crippen LogP contribution < -0.4 is 10.1 Å². The standard InChI is InChI=1S/C25H28N2O3/c1-17-16-27(25(29)18-12-14-20(30-2)15-13-18)23(22-11-7-6-10-21(17)22)24(28)26-19-8-4-3-5-9-19/h6-7,10-16,19,23H,3-5,8-9H2,1-2H3,(H,26,28). The summed E-state index contributed by atoms with van der Waals surface area (Å²) < 4.78 is 5.20.